The molecule has 2 aromatic rings. The first-order valence-electron chi connectivity index (χ1n) is 7.95. The number of β-amino-alcohol motifs (C(OH)–C–C–N with tert-alkyl or cyclic N) is 1. The number of hydrogen-bond donors (Lipinski definition) is 1. The third kappa shape index (κ3) is 3.77. The van der Waals surface area contributed by atoms with E-state index in [4.69, 9.17) is 11.6 Å². The van der Waals surface area contributed by atoms with Crippen molar-refractivity contribution in [3.8, 4) is 0 Å². The number of carbonyl (C=O) groups is 1. The second kappa shape index (κ2) is 7.34. The summed E-state index contributed by atoms with van der Waals surface area (Å²) < 4.78 is 1.48. The summed E-state index contributed by atoms with van der Waals surface area (Å²) in [7, 11) is 1.69. The van der Waals surface area contributed by atoms with Gasteiger partial charge in [-0.15, -0.1) is 0 Å². The Labute approximate surface area is 146 Å². The Hall–Kier alpha value is -1.89. The number of aryl methyl sites for hydroxylation is 1. The molecule has 3 rings (SSSR count). The average Bonchev–Trinajstić information content (AvgIpc) is 2.78. The smallest absolute Gasteiger partial charge is 0.273 e. The van der Waals surface area contributed by atoms with Crippen LogP contribution in [0.4, 0.5) is 0 Å². The van der Waals surface area contributed by atoms with Crippen LogP contribution in [-0.4, -0.2) is 62.9 Å². The molecular formula is C17H21ClN4O2. The minimum Gasteiger partial charge on any atom is -0.390 e. The number of benzene rings is 1. The zero-order valence-corrected chi connectivity index (χ0v) is 14.4. The molecule has 1 amide bonds. The summed E-state index contributed by atoms with van der Waals surface area (Å²) >= 11 is 6.07. The van der Waals surface area contributed by atoms with E-state index in [9.17, 15) is 9.90 Å². The lowest BCUT2D eigenvalue weighted by atomic mass is 10.2. The minimum absolute atomic E-state index is 0.194. The molecule has 7 heteroatoms. The van der Waals surface area contributed by atoms with Crippen LogP contribution in [0.5, 0.6) is 0 Å². The molecule has 2 heterocycles. The zero-order chi connectivity index (χ0) is 17.1. The van der Waals surface area contributed by atoms with Gasteiger partial charge in [-0.1, -0.05) is 41.9 Å². The van der Waals surface area contributed by atoms with Gasteiger partial charge in [0.25, 0.3) is 5.91 Å². The molecule has 1 aromatic heterocycles. The molecule has 0 unspecified atom stereocenters. The molecule has 0 spiro atoms. The van der Waals surface area contributed by atoms with Crippen LogP contribution in [0.15, 0.2) is 36.5 Å². The lowest BCUT2D eigenvalue weighted by Crippen LogP contribution is -2.38. The lowest BCUT2D eigenvalue weighted by molar-refractivity contribution is 0.0653. The van der Waals surface area contributed by atoms with Gasteiger partial charge in [0.1, 0.15) is 5.69 Å². The maximum absolute atomic E-state index is 12.7. The van der Waals surface area contributed by atoms with Gasteiger partial charge >= 0.3 is 0 Å². The van der Waals surface area contributed by atoms with Crippen LogP contribution in [0.25, 0.3) is 0 Å². The van der Waals surface area contributed by atoms with Gasteiger partial charge in [0.15, 0.2) is 0 Å². The summed E-state index contributed by atoms with van der Waals surface area (Å²) in [6, 6.07) is 10.1. The largest absolute Gasteiger partial charge is 0.390 e. The maximum atomic E-state index is 12.7. The molecule has 128 valence electrons. The molecule has 6 nitrogen and oxygen atoms in total. The Balaban J connectivity index is 1.69. The van der Waals surface area contributed by atoms with E-state index in [1.807, 2.05) is 18.2 Å². The van der Waals surface area contributed by atoms with Crippen molar-refractivity contribution >= 4 is 17.5 Å². The number of halogens is 1. The van der Waals surface area contributed by atoms with Crippen LogP contribution in [0, 0.1) is 0 Å². The zero-order valence-electron chi connectivity index (χ0n) is 13.6. The van der Waals surface area contributed by atoms with Crippen LogP contribution < -0.4 is 0 Å². The third-order valence-electron chi connectivity index (χ3n) is 4.22. The average molecular weight is 349 g/mol. The van der Waals surface area contributed by atoms with Crippen LogP contribution >= 0.6 is 11.6 Å². The third-order valence-corrected chi connectivity index (χ3v) is 4.50. The number of carbonyl (C=O) groups excluding carboxylic acids is 1. The van der Waals surface area contributed by atoms with Crippen molar-refractivity contribution in [2.45, 2.75) is 12.6 Å². The number of hydrogen-bond acceptors (Lipinski definition) is 4. The Morgan fingerprint density at radius 2 is 2.04 bits per heavy atom. The number of nitrogens with zero attached hydrogens (tertiary/aromatic N) is 4. The van der Waals surface area contributed by atoms with Crippen molar-refractivity contribution in [2.24, 2.45) is 7.05 Å². The molecule has 1 N–H and O–H groups in total. The summed E-state index contributed by atoms with van der Waals surface area (Å²) in [5, 5.41) is 14.6. The van der Waals surface area contributed by atoms with Crippen LogP contribution in [0.3, 0.4) is 0 Å². The molecule has 1 aromatic carbocycles. The molecule has 1 aliphatic rings. The second-order valence-corrected chi connectivity index (χ2v) is 6.50. The first kappa shape index (κ1) is 17.0. The van der Waals surface area contributed by atoms with Gasteiger partial charge in [0.05, 0.1) is 17.3 Å². The summed E-state index contributed by atoms with van der Waals surface area (Å²) in [5.41, 5.74) is 1.56. The molecule has 1 fully saturated rings. The summed E-state index contributed by atoms with van der Waals surface area (Å²) in [4.78, 5) is 16.5. The van der Waals surface area contributed by atoms with Gasteiger partial charge in [0.2, 0.25) is 0 Å². The highest BCUT2D eigenvalue weighted by Crippen LogP contribution is 2.18. The van der Waals surface area contributed by atoms with Crippen molar-refractivity contribution in [1.82, 2.24) is 19.6 Å². The highest BCUT2D eigenvalue weighted by molar-refractivity contribution is 6.33. The van der Waals surface area contributed by atoms with E-state index in [2.05, 4.69) is 22.1 Å². The van der Waals surface area contributed by atoms with Crippen molar-refractivity contribution < 1.29 is 9.90 Å². The summed E-state index contributed by atoms with van der Waals surface area (Å²) in [5.74, 6) is -0.194. The number of amides is 1. The highest BCUT2D eigenvalue weighted by Gasteiger charge is 2.28. The summed E-state index contributed by atoms with van der Waals surface area (Å²) in [6.07, 6.45) is 0.872. The fraction of sp³-hybridized carbons (Fsp3) is 0.412. The molecule has 0 radical (unpaired) electrons. The molecule has 0 saturated carbocycles. The molecule has 0 bridgehead atoms. The van der Waals surface area contributed by atoms with E-state index in [1.54, 1.807) is 11.9 Å². The predicted octanol–water partition coefficient (Wildman–Crippen LogP) is 1.39. The van der Waals surface area contributed by atoms with Crippen LogP contribution in [-0.2, 0) is 13.6 Å². The lowest BCUT2D eigenvalue weighted by Gasteiger charge is -2.22. The van der Waals surface area contributed by atoms with Gasteiger partial charge in [-0.3, -0.25) is 14.4 Å². The van der Waals surface area contributed by atoms with Gasteiger partial charge in [-0.05, 0) is 5.56 Å². The van der Waals surface area contributed by atoms with Crippen molar-refractivity contribution in [2.75, 3.05) is 26.2 Å². The SMILES string of the molecule is Cn1ncc(Cl)c1C(=O)N1CCN(Cc2ccccc2)C[C@H](O)C1. The van der Waals surface area contributed by atoms with E-state index in [0.717, 1.165) is 6.54 Å². The molecule has 1 atom stereocenters. The van der Waals surface area contributed by atoms with Crippen LogP contribution in [0.2, 0.25) is 5.02 Å². The Morgan fingerprint density at radius 3 is 2.71 bits per heavy atom. The predicted molar refractivity (Wildman–Crippen MR) is 91.8 cm³/mol. The first-order chi connectivity index (χ1) is 11.5. The van der Waals surface area contributed by atoms with E-state index < -0.39 is 6.10 Å². The van der Waals surface area contributed by atoms with Gasteiger partial charge in [-0.25, -0.2) is 0 Å². The minimum atomic E-state index is -0.591. The van der Waals surface area contributed by atoms with E-state index in [1.165, 1.54) is 16.4 Å². The van der Waals surface area contributed by atoms with Gasteiger partial charge in [0, 0.05) is 39.8 Å². The molecular weight excluding hydrogens is 328 g/mol. The second-order valence-electron chi connectivity index (χ2n) is 6.09. The van der Waals surface area contributed by atoms with E-state index in [-0.39, 0.29) is 5.91 Å². The first-order valence-corrected chi connectivity index (χ1v) is 8.33. The normalized spacial score (nSPS) is 19.3. The van der Waals surface area contributed by atoms with Crippen LogP contribution in [0.1, 0.15) is 16.1 Å². The number of aliphatic hydroxyl groups is 1. The highest BCUT2D eigenvalue weighted by atomic mass is 35.5. The van der Waals surface area contributed by atoms with Crippen molar-refractivity contribution in [1.29, 1.82) is 0 Å². The fourth-order valence-corrected chi connectivity index (χ4v) is 3.27. The molecule has 24 heavy (non-hydrogen) atoms. The standard InChI is InChI=1S/C17H21ClN4O2/c1-20-16(15(18)9-19-20)17(24)22-8-7-21(11-14(23)12-22)10-13-5-3-2-4-6-13/h2-6,9,14,23H,7-8,10-12H2,1H3/t14-/m0/s1. The number of rotatable bonds is 3. The quantitative estimate of drug-likeness (QED) is 0.910. The monoisotopic (exact) mass is 348 g/mol. The van der Waals surface area contributed by atoms with Gasteiger partial charge < -0.3 is 10.0 Å². The number of aromatic nitrogens is 2. The van der Waals surface area contributed by atoms with Gasteiger partial charge in [-0.2, -0.15) is 5.10 Å². The maximum Gasteiger partial charge on any atom is 0.273 e. The van der Waals surface area contributed by atoms with Crippen molar-refractivity contribution in [3.63, 3.8) is 0 Å². The number of aliphatic hydroxyl groups excluding tert-OH is 1. The molecule has 0 aliphatic carbocycles. The van der Waals surface area contributed by atoms with E-state index >= 15 is 0 Å². The molecule has 1 saturated heterocycles. The van der Waals surface area contributed by atoms with E-state index in [0.29, 0.717) is 36.9 Å². The Kier molecular flexibility index (Phi) is 5.18. The van der Waals surface area contributed by atoms with Crippen molar-refractivity contribution in [3.05, 3.63) is 52.8 Å². The fourth-order valence-electron chi connectivity index (χ4n) is 3.03. The Bertz CT molecular complexity index is 684. The Morgan fingerprint density at radius 1 is 1.29 bits per heavy atom. The summed E-state index contributed by atoms with van der Waals surface area (Å²) in [6.45, 7) is 2.84. The molecule has 1 aliphatic heterocycles. The topological polar surface area (TPSA) is 61.6 Å².